The summed E-state index contributed by atoms with van der Waals surface area (Å²) in [5.74, 6) is 1.48. The monoisotopic (exact) mass is 336 g/mol. The van der Waals surface area contributed by atoms with Crippen molar-refractivity contribution in [1.82, 2.24) is 19.0 Å². The van der Waals surface area contributed by atoms with E-state index in [1.807, 2.05) is 31.2 Å². The van der Waals surface area contributed by atoms with E-state index >= 15 is 0 Å². The van der Waals surface area contributed by atoms with Gasteiger partial charge in [-0.25, -0.2) is 9.71 Å². The third kappa shape index (κ3) is 3.91. The summed E-state index contributed by atoms with van der Waals surface area (Å²) in [7, 11) is -3.30. The molecule has 2 heterocycles. The summed E-state index contributed by atoms with van der Waals surface area (Å²) in [5, 5.41) is 0. The molecule has 0 saturated carbocycles. The quantitative estimate of drug-likeness (QED) is 0.847. The lowest BCUT2D eigenvalue weighted by Gasteiger charge is -2.30. The van der Waals surface area contributed by atoms with Gasteiger partial charge in [-0.2, -0.15) is 12.7 Å². The molecule has 2 aromatic rings. The van der Waals surface area contributed by atoms with Crippen LogP contribution in [-0.2, 0) is 16.6 Å². The molecular formula is C16H24N4O2S. The van der Waals surface area contributed by atoms with Gasteiger partial charge < -0.3 is 4.98 Å². The van der Waals surface area contributed by atoms with Crippen LogP contribution in [0.3, 0.4) is 0 Å². The molecule has 0 unspecified atom stereocenters. The minimum absolute atomic E-state index is 0.480. The van der Waals surface area contributed by atoms with Gasteiger partial charge in [-0.3, -0.25) is 0 Å². The number of aromatic nitrogens is 2. The Balaban J connectivity index is 1.56. The van der Waals surface area contributed by atoms with Crippen LogP contribution in [0.5, 0.6) is 0 Å². The Morgan fingerprint density at radius 2 is 2.04 bits per heavy atom. The molecule has 0 spiro atoms. The number of piperidine rings is 1. The van der Waals surface area contributed by atoms with Crippen molar-refractivity contribution in [3.8, 4) is 0 Å². The number of H-pyrrole nitrogens is 1. The number of imidazole rings is 1. The van der Waals surface area contributed by atoms with Crippen LogP contribution in [-0.4, -0.2) is 42.3 Å². The molecule has 0 amide bonds. The minimum Gasteiger partial charge on any atom is -0.342 e. The fourth-order valence-electron chi connectivity index (χ4n) is 3.05. The van der Waals surface area contributed by atoms with Crippen molar-refractivity contribution in [1.29, 1.82) is 0 Å². The van der Waals surface area contributed by atoms with E-state index in [-0.39, 0.29) is 0 Å². The summed E-state index contributed by atoms with van der Waals surface area (Å²) in [4.78, 5) is 7.97. The van der Waals surface area contributed by atoms with Gasteiger partial charge in [-0.15, -0.1) is 0 Å². The molecule has 1 aliphatic rings. The fourth-order valence-corrected chi connectivity index (χ4v) is 4.39. The smallest absolute Gasteiger partial charge is 0.279 e. The van der Waals surface area contributed by atoms with E-state index in [4.69, 9.17) is 0 Å². The van der Waals surface area contributed by atoms with Crippen molar-refractivity contribution in [3.63, 3.8) is 0 Å². The molecule has 2 N–H and O–H groups in total. The molecule has 126 valence electrons. The predicted octanol–water partition coefficient (Wildman–Crippen LogP) is 2.06. The number of benzene rings is 1. The van der Waals surface area contributed by atoms with Gasteiger partial charge in [0.2, 0.25) is 0 Å². The summed E-state index contributed by atoms with van der Waals surface area (Å²) in [6, 6.07) is 8.01. The normalized spacial score (nSPS) is 17.8. The first-order valence-corrected chi connectivity index (χ1v) is 9.71. The number of nitrogens with one attached hydrogen (secondary N) is 2. The van der Waals surface area contributed by atoms with Crippen LogP contribution >= 0.6 is 0 Å². The van der Waals surface area contributed by atoms with Crippen molar-refractivity contribution < 1.29 is 8.42 Å². The van der Waals surface area contributed by atoms with Gasteiger partial charge in [0.05, 0.1) is 11.0 Å². The van der Waals surface area contributed by atoms with Crippen molar-refractivity contribution in [2.24, 2.45) is 5.92 Å². The lowest BCUT2D eigenvalue weighted by molar-refractivity contribution is 0.268. The maximum absolute atomic E-state index is 12.1. The third-order valence-corrected chi connectivity index (χ3v) is 5.98. The van der Waals surface area contributed by atoms with E-state index in [1.54, 1.807) is 4.31 Å². The Morgan fingerprint density at radius 1 is 1.30 bits per heavy atom. The molecule has 3 rings (SSSR count). The molecule has 0 atom stereocenters. The Morgan fingerprint density at radius 3 is 2.74 bits per heavy atom. The van der Waals surface area contributed by atoms with Gasteiger partial charge in [0, 0.05) is 26.1 Å². The second-order valence-corrected chi connectivity index (χ2v) is 7.90. The van der Waals surface area contributed by atoms with Crippen molar-refractivity contribution >= 4 is 21.2 Å². The van der Waals surface area contributed by atoms with E-state index in [0.717, 1.165) is 42.5 Å². The molecule has 7 heteroatoms. The Kier molecular flexibility index (Phi) is 4.99. The average Bonchev–Trinajstić information content (AvgIpc) is 2.95. The van der Waals surface area contributed by atoms with Crippen LogP contribution in [0.2, 0.25) is 0 Å². The van der Waals surface area contributed by atoms with E-state index < -0.39 is 10.2 Å². The highest BCUT2D eigenvalue weighted by molar-refractivity contribution is 7.87. The number of hydrogen-bond acceptors (Lipinski definition) is 3. The standard InChI is InChI=1S/C16H24N4O2S/c1-2-9-17-23(21,22)20-10-7-13(8-11-20)12-16-18-14-5-3-4-6-15(14)19-16/h3-6,13,17H,2,7-12H2,1H3,(H,18,19). The fraction of sp³-hybridized carbons (Fsp3) is 0.562. The van der Waals surface area contributed by atoms with Gasteiger partial charge in [0.15, 0.2) is 0 Å². The van der Waals surface area contributed by atoms with Gasteiger partial charge in [-0.1, -0.05) is 19.1 Å². The van der Waals surface area contributed by atoms with E-state index in [1.165, 1.54) is 0 Å². The summed E-state index contributed by atoms with van der Waals surface area (Å²) in [6.45, 7) is 3.64. The second kappa shape index (κ2) is 6.98. The number of hydrogen-bond donors (Lipinski definition) is 2. The first-order chi connectivity index (χ1) is 11.1. The Labute approximate surface area is 137 Å². The predicted molar refractivity (Wildman–Crippen MR) is 91.3 cm³/mol. The SMILES string of the molecule is CCCNS(=O)(=O)N1CCC(Cc2nc3ccccc3[nH]2)CC1. The second-order valence-electron chi connectivity index (χ2n) is 6.15. The molecule has 0 aliphatic carbocycles. The van der Waals surface area contributed by atoms with E-state index in [9.17, 15) is 8.42 Å². The lowest BCUT2D eigenvalue weighted by Crippen LogP contribution is -2.45. The molecule has 1 saturated heterocycles. The Hall–Kier alpha value is -1.44. The zero-order valence-electron chi connectivity index (χ0n) is 13.5. The number of aromatic amines is 1. The highest BCUT2D eigenvalue weighted by atomic mass is 32.2. The first-order valence-electron chi connectivity index (χ1n) is 8.27. The number of nitrogens with zero attached hydrogens (tertiary/aromatic N) is 2. The van der Waals surface area contributed by atoms with Crippen LogP contribution in [0.15, 0.2) is 24.3 Å². The lowest BCUT2D eigenvalue weighted by atomic mass is 9.94. The summed E-state index contributed by atoms with van der Waals surface area (Å²) in [6.07, 6.45) is 3.45. The van der Waals surface area contributed by atoms with E-state index in [0.29, 0.717) is 25.6 Å². The molecule has 1 fully saturated rings. The van der Waals surface area contributed by atoms with Crippen molar-refractivity contribution in [2.75, 3.05) is 19.6 Å². The van der Waals surface area contributed by atoms with Crippen LogP contribution < -0.4 is 4.72 Å². The number of fused-ring (bicyclic) bond motifs is 1. The number of para-hydroxylation sites is 2. The molecule has 1 aromatic heterocycles. The van der Waals surface area contributed by atoms with Crippen molar-refractivity contribution in [2.45, 2.75) is 32.6 Å². The van der Waals surface area contributed by atoms with Crippen LogP contribution in [0.1, 0.15) is 32.0 Å². The summed E-state index contributed by atoms with van der Waals surface area (Å²) in [5.41, 5.74) is 2.05. The minimum atomic E-state index is -3.30. The van der Waals surface area contributed by atoms with Gasteiger partial charge >= 0.3 is 0 Å². The Bertz CT molecular complexity index is 715. The van der Waals surface area contributed by atoms with Crippen LogP contribution in [0.4, 0.5) is 0 Å². The van der Waals surface area contributed by atoms with E-state index in [2.05, 4.69) is 14.7 Å². The van der Waals surface area contributed by atoms with Crippen LogP contribution in [0.25, 0.3) is 11.0 Å². The van der Waals surface area contributed by atoms with Gasteiger partial charge in [0.1, 0.15) is 5.82 Å². The molecule has 0 radical (unpaired) electrons. The maximum Gasteiger partial charge on any atom is 0.279 e. The van der Waals surface area contributed by atoms with Gasteiger partial charge in [0.25, 0.3) is 10.2 Å². The summed E-state index contributed by atoms with van der Waals surface area (Å²) < 4.78 is 28.5. The molecule has 23 heavy (non-hydrogen) atoms. The topological polar surface area (TPSA) is 78.1 Å². The molecule has 1 aliphatic heterocycles. The maximum atomic E-state index is 12.1. The highest BCUT2D eigenvalue weighted by Gasteiger charge is 2.27. The number of rotatable bonds is 6. The highest BCUT2D eigenvalue weighted by Crippen LogP contribution is 2.23. The summed E-state index contributed by atoms with van der Waals surface area (Å²) >= 11 is 0. The first kappa shape index (κ1) is 16.4. The largest absolute Gasteiger partial charge is 0.342 e. The molecule has 6 nitrogen and oxygen atoms in total. The molecule has 1 aromatic carbocycles. The third-order valence-electron chi connectivity index (χ3n) is 4.37. The zero-order chi connectivity index (χ0) is 16.3. The van der Waals surface area contributed by atoms with Crippen LogP contribution in [0, 0.1) is 5.92 Å². The molecule has 0 bridgehead atoms. The molecular weight excluding hydrogens is 312 g/mol. The average molecular weight is 336 g/mol. The van der Waals surface area contributed by atoms with Gasteiger partial charge in [-0.05, 0) is 37.3 Å². The zero-order valence-corrected chi connectivity index (χ0v) is 14.3. The van der Waals surface area contributed by atoms with Crippen molar-refractivity contribution in [3.05, 3.63) is 30.1 Å².